The van der Waals surface area contributed by atoms with Gasteiger partial charge in [-0.3, -0.25) is 0 Å². The number of nitrogens with two attached hydrogens (primary N) is 1. The van der Waals surface area contributed by atoms with Crippen LogP contribution in [0.5, 0.6) is 5.88 Å². The molecule has 3 N–H and O–H groups in total. The van der Waals surface area contributed by atoms with Gasteiger partial charge in [-0.05, 0) is 31.0 Å². The number of aryl methyl sites for hydroxylation is 1. The van der Waals surface area contributed by atoms with E-state index in [1.54, 1.807) is 12.1 Å². The van der Waals surface area contributed by atoms with Crippen LogP contribution in [-0.2, 0) is 13.0 Å². The standard InChI is InChI=1S/C16H21FN4O/c1-3-5-13-20-15(14(18)16(21-13)22-4-2)19-10-11-6-8-12(17)9-7-11/h6-9H,3-5,10,18H2,1-2H3,(H,19,20,21). The monoisotopic (exact) mass is 304 g/mol. The Kier molecular flexibility index (Phi) is 5.52. The van der Waals surface area contributed by atoms with Gasteiger partial charge in [0.05, 0.1) is 6.61 Å². The van der Waals surface area contributed by atoms with E-state index in [-0.39, 0.29) is 5.82 Å². The second-order valence-corrected chi connectivity index (χ2v) is 4.87. The number of hydrogen-bond donors (Lipinski definition) is 2. The molecule has 0 unspecified atom stereocenters. The van der Waals surface area contributed by atoms with Gasteiger partial charge in [0.25, 0.3) is 0 Å². The summed E-state index contributed by atoms with van der Waals surface area (Å²) in [7, 11) is 0. The molecule has 1 heterocycles. The van der Waals surface area contributed by atoms with Gasteiger partial charge in [-0.25, -0.2) is 9.37 Å². The third-order valence-corrected chi connectivity index (χ3v) is 3.08. The van der Waals surface area contributed by atoms with Gasteiger partial charge in [-0.15, -0.1) is 0 Å². The van der Waals surface area contributed by atoms with Crippen LogP contribution in [0.15, 0.2) is 24.3 Å². The predicted molar refractivity (Wildman–Crippen MR) is 85.3 cm³/mol. The Hall–Kier alpha value is -2.37. The van der Waals surface area contributed by atoms with Crippen LogP contribution >= 0.6 is 0 Å². The molecule has 118 valence electrons. The number of nitrogens with one attached hydrogen (secondary N) is 1. The van der Waals surface area contributed by atoms with Gasteiger partial charge in [0.1, 0.15) is 17.3 Å². The maximum absolute atomic E-state index is 12.9. The fourth-order valence-electron chi connectivity index (χ4n) is 2.00. The van der Waals surface area contributed by atoms with Gasteiger partial charge in [0.15, 0.2) is 5.82 Å². The van der Waals surface area contributed by atoms with E-state index >= 15 is 0 Å². The molecule has 0 aliphatic carbocycles. The van der Waals surface area contributed by atoms with E-state index in [0.29, 0.717) is 36.4 Å². The van der Waals surface area contributed by atoms with Crippen molar-refractivity contribution in [1.82, 2.24) is 9.97 Å². The van der Waals surface area contributed by atoms with Crippen LogP contribution < -0.4 is 15.8 Å². The van der Waals surface area contributed by atoms with Crippen LogP contribution in [0, 0.1) is 5.82 Å². The van der Waals surface area contributed by atoms with E-state index in [1.807, 2.05) is 6.92 Å². The van der Waals surface area contributed by atoms with Gasteiger partial charge >= 0.3 is 0 Å². The Balaban J connectivity index is 2.18. The highest BCUT2D eigenvalue weighted by atomic mass is 19.1. The zero-order valence-electron chi connectivity index (χ0n) is 12.9. The van der Waals surface area contributed by atoms with Crippen molar-refractivity contribution >= 4 is 11.5 Å². The van der Waals surface area contributed by atoms with Gasteiger partial charge in [0.2, 0.25) is 5.88 Å². The lowest BCUT2D eigenvalue weighted by molar-refractivity contribution is 0.327. The molecule has 0 aliphatic heterocycles. The fraction of sp³-hybridized carbons (Fsp3) is 0.375. The average Bonchev–Trinajstić information content (AvgIpc) is 2.51. The lowest BCUT2D eigenvalue weighted by atomic mass is 10.2. The quantitative estimate of drug-likeness (QED) is 0.822. The van der Waals surface area contributed by atoms with Gasteiger partial charge in [-0.1, -0.05) is 19.1 Å². The second-order valence-electron chi connectivity index (χ2n) is 4.87. The van der Waals surface area contributed by atoms with Crippen LogP contribution in [0.25, 0.3) is 0 Å². The highest BCUT2D eigenvalue weighted by molar-refractivity contribution is 5.67. The number of halogens is 1. The van der Waals surface area contributed by atoms with Crippen molar-refractivity contribution in [2.24, 2.45) is 0 Å². The molecule has 0 bridgehead atoms. The second kappa shape index (κ2) is 7.59. The summed E-state index contributed by atoms with van der Waals surface area (Å²) in [6, 6.07) is 6.29. The number of benzene rings is 1. The summed E-state index contributed by atoms with van der Waals surface area (Å²) in [5.74, 6) is 1.39. The van der Waals surface area contributed by atoms with E-state index < -0.39 is 0 Å². The zero-order valence-corrected chi connectivity index (χ0v) is 12.9. The first kappa shape index (κ1) is 16.0. The van der Waals surface area contributed by atoms with E-state index in [1.165, 1.54) is 12.1 Å². The number of nitrogen functional groups attached to an aromatic ring is 1. The lowest BCUT2D eigenvalue weighted by Gasteiger charge is -2.13. The molecule has 6 heteroatoms. The van der Waals surface area contributed by atoms with Gasteiger partial charge in [-0.2, -0.15) is 4.98 Å². The number of hydrogen-bond acceptors (Lipinski definition) is 5. The van der Waals surface area contributed by atoms with E-state index in [4.69, 9.17) is 10.5 Å². The predicted octanol–water partition coefficient (Wildman–Crippen LogP) is 3.16. The van der Waals surface area contributed by atoms with E-state index in [0.717, 1.165) is 18.4 Å². The van der Waals surface area contributed by atoms with Crippen LogP contribution in [0.1, 0.15) is 31.7 Å². The fourth-order valence-corrected chi connectivity index (χ4v) is 2.00. The molecule has 0 saturated heterocycles. The van der Waals surface area contributed by atoms with Crippen LogP contribution in [0.2, 0.25) is 0 Å². The summed E-state index contributed by atoms with van der Waals surface area (Å²) >= 11 is 0. The number of ether oxygens (including phenoxy) is 1. The van der Waals surface area contributed by atoms with Crippen molar-refractivity contribution < 1.29 is 9.13 Å². The van der Waals surface area contributed by atoms with Gasteiger partial charge in [0, 0.05) is 13.0 Å². The largest absolute Gasteiger partial charge is 0.476 e. The SMILES string of the molecule is CCCc1nc(NCc2ccc(F)cc2)c(N)c(OCC)n1. The molecule has 0 amide bonds. The molecule has 0 atom stereocenters. The molecule has 5 nitrogen and oxygen atoms in total. The normalized spacial score (nSPS) is 10.5. The zero-order chi connectivity index (χ0) is 15.9. The van der Waals surface area contributed by atoms with Crippen molar-refractivity contribution in [3.05, 3.63) is 41.5 Å². The minimum Gasteiger partial charge on any atom is -0.476 e. The summed E-state index contributed by atoms with van der Waals surface area (Å²) < 4.78 is 18.4. The Bertz CT molecular complexity index is 616. The van der Waals surface area contributed by atoms with Crippen LogP contribution in [0.3, 0.4) is 0 Å². The summed E-state index contributed by atoms with van der Waals surface area (Å²) in [5.41, 5.74) is 7.38. The maximum Gasteiger partial charge on any atom is 0.242 e. The summed E-state index contributed by atoms with van der Waals surface area (Å²) in [4.78, 5) is 8.77. The lowest BCUT2D eigenvalue weighted by Crippen LogP contribution is -2.11. The first-order valence-corrected chi connectivity index (χ1v) is 7.41. The highest BCUT2D eigenvalue weighted by Gasteiger charge is 2.12. The number of nitrogens with zero attached hydrogens (tertiary/aromatic N) is 2. The molecule has 0 aliphatic rings. The van der Waals surface area contributed by atoms with Crippen LogP contribution in [0.4, 0.5) is 15.9 Å². The molecule has 0 radical (unpaired) electrons. The Morgan fingerprint density at radius 2 is 1.91 bits per heavy atom. The molecule has 0 spiro atoms. The molecule has 1 aromatic carbocycles. The molecule has 22 heavy (non-hydrogen) atoms. The summed E-state index contributed by atoms with van der Waals surface area (Å²) in [5, 5.41) is 3.17. The summed E-state index contributed by atoms with van der Waals surface area (Å²) in [6.45, 7) is 4.93. The molecule has 0 fully saturated rings. The number of anilines is 2. The van der Waals surface area contributed by atoms with E-state index in [9.17, 15) is 4.39 Å². The Morgan fingerprint density at radius 1 is 1.18 bits per heavy atom. The molecule has 2 aromatic rings. The topological polar surface area (TPSA) is 73.1 Å². The molecular formula is C16H21FN4O. The van der Waals surface area contributed by atoms with Crippen molar-refractivity contribution in [1.29, 1.82) is 0 Å². The first-order chi connectivity index (χ1) is 10.6. The van der Waals surface area contributed by atoms with Crippen LogP contribution in [-0.4, -0.2) is 16.6 Å². The summed E-state index contributed by atoms with van der Waals surface area (Å²) in [6.07, 6.45) is 1.69. The third kappa shape index (κ3) is 4.07. The maximum atomic E-state index is 12.9. The Morgan fingerprint density at radius 3 is 2.55 bits per heavy atom. The third-order valence-electron chi connectivity index (χ3n) is 3.08. The number of aromatic nitrogens is 2. The smallest absolute Gasteiger partial charge is 0.242 e. The van der Waals surface area contributed by atoms with E-state index in [2.05, 4.69) is 22.2 Å². The first-order valence-electron chi connectivity index (χ1n) is 7.41. The highest BCUT2D eigenvalue weighted by Crippen LogP contribution is 2.27. The molecule has 1 aromatic heterocycles. The minimum absolute atomic E-state index is 0.255. The minimum atomic E-state index is -0.255. The van der Waals surface area contributed by atoms with Crippen molar-refractivity contribution in [3.8, 4) is 5.88 Å². The molecule has 0 saturated carbocycles. The van der Waals surface area contributed by atoms with Crippen molar-refractivity contribution in [2.45, 2.75) is 33.2 Å². The van der Waals surface area contributed by atoms with Crippen molar-refractivity contribution in [2.75, 3.05) is 17.7 Å². The number of rotatable bonds is 7. The van der Waals surface area contributed by atoms with Crippen molar-refractivity contribution in [3.63, 3.8) is 0 Å². The molecular weight excluding hydrogens is 283 g/mol. The average molecular weight is 304 g/mol. The Labute approximate surface area is 129 Å². The van der Waals surface area contributed by atoms with Gasteiger partial charge < -0.3 is 15.8 Å². The molecule has 2 rings (SSSR count).